The second-order valence-electron chi connectivity index (χ2n) is 3.69. The van der Waals surface area contributed by atoms with Crippen LogP contribution >= 0.6 is 22.6 Å². The third-order valence-corrected chi connectivity index (χ3v) is 3.19. The summed E-state index contributed by atoms with van der Waals surface area (Å²) in [4.78, 5) is 4.40. The van der Waals surface area contributed by atoms with E-state index in [1.807, 2.05) is 25.1 Å². The van der Waals surface area contributed by atoms with E-state index < -0.39 is 0 Å². The van der Waals surface area contributed by atoms with Crippen molar-refractivity contribution in [3.05, 3.63) is 45.8 Å². The quantitative estimate of drug-likeness (QED) is 0.813. The highest BCUT2D eigenvalue weighted by molar-refractivity contribution is 14.1. The minimum atomic E-state index is -0.237. The van der Waals surface area contributed by atoms with Crippen molar-refractivity contribution in [1.29, 1.82) is 0 Å². The zero-order valence-electron chi connectivity index (χ0n) is 9.87. The molecule has 0 radical (unpaired) electrons. The molecular formula is C13H13FIN3. The Labute approximate surface area is 119 Å². The Morgan fingerprint density at radius 2 is 2.00 bits per heavy atom. The van der Waals surface area contributed by atoms with Gasteiger partial charge in [-0.2, -0.15) is 0 Å². The first-order chi connectivity index (χ1) is 8.69. The predicted octanol–water partition coefficient (Wildman–Crippen LogP) is 4.00. The molecule has 0 saturated heterocycles. The molecule has 2 rings (SSSR count). The molecule has 1 heterocycles. The van der Waals surface area contributed by atoms with Crippen molar-refractivity contribution in [2.45, 2.75) is 6.92 Å². The summed E-state index contributed by atoms with van der Waals surface area (Å²) in [7, 11) is 0. The van der Waals surface area contributed by atoms with Gasteiger partial charge in [0.1, 0.15) is 17.5 Å². The number of halogens is 2. The first-order valence-electron chi connectivity index (χ1n) is 5.62. The van der Waals surface area contributed by atoms with Crippen LogP contribution in [-0.4, -0.2) is 11.5 Å². The zero-order valence-corrected chi connectivity index (χ0v) is 12.0. The summed E-state index contributed by atoms with van der Waals surface area (Å²) in [6.07, 6.45) is 0. The zero-order chi connectivity index (χ0) is 13.0. The van der Waals surface area contributed by atoms with Crippen LogP contribution in [0, 0.1) is 9.39 Å². The van der Waals surface area contributed by atoms with Crippen LogP contribution in [0.5, 0.6) is 0 Å². The minimum absolute atomic E-state index is 0.237. The van der Waals surface area contributed by atoms with Crippen molar-refractivity contribution >= 4 is 39.9 Å². The first-order valence-corrected chi connectivity index (χ1v) is 6.70. The van der Waals surface area contributed by atoms with E-state index in [0.717, 1.165) is 27.4 Å². The maximum Gasteiger partial charge on any atom is 0.132 e. The summed E-state index contributed by atoms with van der Waals surface area (Å²) < 4.78 is 13.8. The van der Waals surface area contributed by atoms with E-state index in [9.17, 15) is 4.39 Å². The number of hydrogen-bond acceptors (Lipinski definition) is 3. The highest BCUT2D eigenvalue weighted by Gasteiger charge is 2.03. The molecule has 0 spiro atoms. The number of hydrogen-bond donors (Lipinski definition) is 2. The Hall–Kier alpha value is -1.37. The van der Waals surface area contributed by atoms with Crippen LogP contribution in [-0.2, 0) is 0 Å². The molecule has 2 N–H and O–H groups in total. The lowest BCUT2D eigenvalue weighted by molar-refractivity contribution is 0.627. The highest BCUT2D eigenvalue weighted by atomic mass is 127. The summed E-state index contributed by atoms with van der Waals surface area (Å²) in [5.41, 5.74) is 0.846. The van der Waals surface area contributed by atoms with Crippen molar-refractivity contribution in [2.75, 3.05) is 17.2 Å². The lowest BCUT2D eigenvalue weighted by Crippen LogP contribution is -2.01. The van der Waals surface area contributed by atoms with Gasteiger partial charge >= 0.3 is 0 Å². The van der Waals surface area contributed by atoms with E-state index in [2.05, 4.69) is 38.2 Å². The van der Waals surface area contributed by atoms with Gasteiger partial charge in [0.25, 0.3) is 0 Å². The van der Waals surface area contributed by atoms with E-state index in [1.165, 1.54) is 12.1 Å². The Bertz CT molecular complexity index is 546. The van der Waals surface area contributed by atoms with Crippen LogP contribution < -0.4 is 10.6 Å². The lowest BCUT2D eigenvalue weighted by atomic mass is 10.3. The first kappa shape index (κ1) is 13.1. The summed E-state index contributed by atoms with van der Waals surface area (Å²) >= 11 is 2.09. The molecule has 0 fully saturated rings. The molecule has 0 aliphatic heterocycles. The maximum absolute atomic E-state index is 13.0. The molecule has 1 aromatic carbocycles. The number of benzene rings is 1. The SMILES string of the molecule is CCNc1cccc(Nc2ccc(F)cc2I)n1. The summed E-state index contributed by atoms with van der Waals surface area (Å²) in [5, 5.41) is 6.32. The number of anilines is 3. The normalized spacial score (nSPS) is 10.2. The number of aromatic nitrogens is 1. The molecule has 2 aromatic rings. The van der Waals surface area contributed by atoms with Gasteiger partial charge in [0.15, 0.2) is 0 Å². The van der Waals surface area contributed by atoms with E-state index in [4.69, 9.17) is 0 Å². The largest absolute Gasteiger partial charge is 0.370 e. The van der Waals surface area contributed by atoms with Crippen molar-refractivity contribution < 1.29 is 4.39 Å². The third-order valence-electron chi connectivity index (χ3n) is 2.30. The molecule has 0 amide bonds. The Morgan fingerprint density at radius 1 is 1.22 bits per heavy atom. The molecule has 0 atom stereocenters. The third kappa shape index (κ3) is 3.32. The number of pyridine rings is 1. The molecule has 3 nitrogen and oxygen atoms in total. The van der Waals surface area contributed by atoms with Gasteiger partial charge < -0.3 is 10.6 Å². The molecule has 94 valence electrons. The molecule has 0 bridgehead atoms. The lowest BCUT2D eigenvalue weighted by Gasteiger charge is -2.09. The molecule has 0 aliphatic carbocycles. The average molecular weight is 357 g/mol. The molecule has 0 unspecified atom stereocenters. The molecule has 5 heteroatoms. The van der Waals surface area contributed by atoms with Gasteiger partial charge in [0, 0.05) is 10.1 Å². The molecule has 0 aliphatic rings. The molecule has 0 saturated carbocycles. The van der Waals surface area contributed by atoms with Gasteiger partial charge in [-0.1, -0.05) is 6.07 Å². The van der Waals surface area contributed by atoms with Crippen molar-refractivity contribution in [3.63, 3.8) is 0 Å². The van der Waals surface area contributed by atoms with Crippen LogP contribution in [0.1, 0.15) is 6.92 Å². The number of rotatable bonds is 4. The summed E-state index contributed by atoms with van der Waals surface area (Å²) in [6, 6.07) is 10.3. The van der Waals surface area contributed by atoms with Gasteiger partial charge in [-0.3, -0.25) is 0 Å². The molecular weight excluding hydrogens is 344 g/mol. The van der Waals surface area contributed by atoms with Crippen molar-refractivity contribution in [2.24, 2.45) is 0 Å². The predicted molar refractivity (Wildman–Crippen MR) is 80.8 cm³/mol. The van der Waals surface area contributed by atoms with Gasteiger partial charge in [0.2, 0.25) is 0 Å². The Morgan fingerprint density at radius 3 is 2.72 bits per heavy atom. The fraction of sp³-hybridized carbons (Fsp3) is 0.154. The van der Waals surface area contributed by atoms with Crippen LogP contribution in [0.4, 0.5) is 21.7 Å². The van der Waals surface area contributed by atoms with Gasteiger partial charge in [-0.05, 0) is 59.8 Å². The van der Waals surface area contributed by atoms with Crippen LogP contribution in [0.25, 0.3) is 0 Å². The van der Waals surface area contributed by atoms with E-state index in [-0.39, 0.29) is 5.82 Å². The van der Waals surface area contributed by atoms with E-state index in [0.29, 0.717) is 0 Å². The Kier molecular flexibility index (Phi) is 4.35. The van der Waals surface area contributed by atoms with Crippen LogP contribution in [0.2, 0.25) is 0 Å². The highest BCUT2D eigenvalue weighted by Crippen LogP contribution is 2.23. The van der Waals surface area contributed by atoms with Crippen molar-refractivity contribution in [3.8, 4) is 0 Å². The standard InChI is InChI=1S/C13H13FIN3/c1-2-16-12-4-3-5-13(18-12)17-11-7-6-9(14)8-10(11)15/h3-8H,2H2,1H3,(H2,16,17,18). The van der Waals surface area contributed by atoms with Crippen molar-refractivity contribution in [1.82, 2.24) is 4.98 Å². The molecule has 1 aromatic heterocycles. The van der Waals surface area contributed by atoms with Gasteiger partial charge in [-0.25, -0.2) is 9.37 Å². The van der Waals surface area contributed by atoms with E-state index >= 15 is 0 Å². The monoisotopic (exact) mass is 357 g/mol. The summed E-state index contributed by atoms with van der Waals surface area (Å²) in [5.74, 6) is 1.32. The van der Waals surface area contributed by atoms with Crippen LogP contribution in [0.15, 0.2) is 36.4 Å². The minimum Gasteiger partial charge on any atom is -0.370 e. The second-order valence-corrected chi connectivity index (χ2v) is 4.85. The van der Waals surface area contributed by atoms with Gasteiger partial charge in [0.05, 0.1) is 5.69 Å². The second kappa shape index (κ2) is 5.99. The smallest absolute Gasteiger partial charge is 0.132 e. The fourth-order valence-electron chi connectivity index (χ4n) is 1.51. The Balaban J connectivity index is 2.20. The molecule has 18 heavy (non-hydrogen) atoms. The average Bonchev–Trinajstić information content (AvgIpc) is 2.34. The maximum atomic E-state index is 13.0. The topological polar surface area (TPSA) is 37.0 Å². The van der Waals surface area contributed by atoms with E-state index in [1.54, 1.807) is 6.07 Å². The number of nitrogens with one attached hydrogen (secondary N) is 2. The summed E-state index contributed by atoms with van der Waals surface area (Å²) in [6.45, 7) is 2.84. The van der Waals surface area contributed by atoms with Gasteiger partial charge in [-0.15, -0.1) is 0 Å². The van der Waals surface area contributed by atoms with Crippen LogP contribution in [0.3, 0.4) is 0 Å². The fourth-order valence-corrected chi connectivity index (χ4v) is 2.12. The number of nitrogens with zero attached hydrogens (tertiary/aromatic N) is 1.